The zero-order chi connectivity index (χ0) is 20.6. The fourth-order valence-electron chi connectivity index (χ4n) is 2.40. The molecule has 0 fully saturated rings. The van der Waals surface area contributed by atoms with Gasteiger partial charge in [-0.15, -0.1) is 23.5 Å². The number of aromatic nitrogens is 2. The topological polar surface area (TPSA) is 78.4 Å². The summed E-state index contributed by atoms with van der Waals surface area (Å²) in [6.07, 6.45) is 1.31. The molecule has 29 heavy (non-hydrogen) atoms. The number of rotatable bonds is 7. The number of hydrogen-bond acceptors (Lipinski definition) is 8. The molecule has 6 nitrogen and oxygen atoms in total. The summed E-state index contributed by atoms with van der Waals surface area (Å²) in [6, 6.07) is 19.7. The number of ether oxygens (including phenoxy) is 2. The maximum atomic E-state index is 12.2. The molecule has 0 aliphatic heterocycles. The average Bonchev–Trinajstić information content (AvgIpc) is 2.78. The van der Waals surface area contributed by atoms with E-state index in [1.807, 2.05) is 60.7 Å². The quantitative estimate of drug-likeness (QED) is 0.307. The molecule has 0 amide bonds. The lowest BCUT2D eigenvalue weighted by Gasteiger charge is -2.16. The molecule has 2 aromatic carbocycles. The van der Waals surface area contributed by atoms with Crippen LogP contribution in [0.15, 0.2) is 76.7 Å². The summed E-state index contributed by atoms with van der Waals surface area (Å²) in [4.78, 5) is 35.0. The number of thioether (sulfide) groups is 2. The van der Waals surface area contributed by atoms with Crippen LogP contribution in [0.4, 0.5) is 0 Å². The van der Waals surface area contributed by atoms with Gasteiger partial charge in [-0.3, -0.25) is 0 Å². The lowest BCUT2D eigenvalue weighted by atomic mass is 10.2. The van der Waals surface area contributed by atoms with Crippen molar-refractivity contribution in [2.75, 3.05) is 14.2 Å². The Morgan fingerprint density at radius 2 is 1.34 bits per heavy atom. The molecule has 0 saturated carbocycles. The second-order valence-electron chi connectivity index (χ2n) is 5.67. The molecule has 3 rings (SSSR count). The van der Waals surface area contributed by atoms with Gasteiger partial charge in [0.05, 0.1) is 14.2 Å². The minimum Gasteiger partial charge on any atom is -0.465 e. The predicted octanol–water partition coefficient (Wildman–Crippen LogP) is 4.63. The van der Waals surface area contributed by atoms with Crippen LogP contribution in [0.3, 0.4) is 0 Å². The van der Waals surface area contributed by atoms with Crippen molar-refractivity contribution in [2.45, 2.75) is 14.4 Å². The van der Waals surface area contributed by atoms with Crippen molar-refractivity contribution in [1.29, 1.82) is 0 Å². The Hall–Kier alpha value is -2.84. The Bertz CT molecular complexity index is 943. The van der Waals surface area contributed by atoms with Gasteiger partial charge in [0.15, 0.2) is 11.5 Å². The Morgan fingerprint density at radius 1 is 0.828 bits per heavy atom. The number of carbonyl (C=O) groups excluding carboxylic acids is 2. The van der Waals surface area contributed by atoms with E-state index < -0.39 is 11.9 Å². The van der Waals surface area contributed by atoms with Crippen LogP contribution >= 0.6 is 23.5 Å². The molecule has 1 heterocycles. The zero-order valence-corrected chi connectivity index (χ0v) is 17.4. The number of nitrogens with zero attached hydrogens (tertiary/aromatic N) is 2. The molecular weight excluding hydrogens is 408 g/mol. The molecule has 0 spiro atoms. The second-order valence-corrected chi connectivity index (χ2v) is 8.32. The number of esters is 2. The molecule has 0 aliphatic rings. The minimum absolute atomic E-state index is 0.0312. The van der Waals surface area contributed by atoms with Crippen LogP contribution in [0, 0.1) is 0 Å². The first-order chi connectivity index (χ1) is 14.1. The fourth-order valence-corrected chi connectivity index (χ4v) is 4.82. The highest BCUT2D eigenvalue weighted by molar-refractivity contribution is 8.16. The van der Waals surface area contributed by atoms with Gasteiger partial charge in [0.2, 0.25) is 0 Å². The standard InChI is InChI=1S/C21H18N2O4S2/c1-26-19(24)16-13-22-18(23-17(16)20(25)27-2)21(28-14-9-5-3-6-10-14)29-15-11-7-4-8-12-15/h3-13,21H,1-2H3. The summed E-state index contributed by atoms with van der Waals surface area (Å²) in [5.74, 6) is -1.01. The van der Waals surface area contributed by atoms with E-state index in [0.717, 1.165) is 9.79 Å². The Morgan fingerprint density at radius 3 is 1.83 bits per heavy atom. The lowest BCUT2D eigenvalue weighted by Crippen LogP contribution is -2.16. The number of methoxy groups -OCH3 is 2. The Labute approximate surface area is 177 Å². The van der Waals surface area contributed by atoms with Crippen molar-refractivity contribution >= 4 is 35.5 Å². The predicted molar refractivity (Wildman–Crippen MR) is 112 cm³/mol. The molecule has 3 aromatic rings. The molecular formula is C21H18N2O4S2. The molecule has 8 heteroatoms. The van der Waals surface area contributed by atoms with E-state index in [1.165, 1.54) is 20.4 Å². The molecule has 0 bridgehead atoms. The third-order valence-corrected chi connectivity index (χ3v) is 6.29. The van der Waals surface area contributed by atoms with E-state index in [-0.39, 0.29) is 15.8 Å². The van der Waals surface area contributed by atoms with Crippen LogP contribution in [-0.4, -0.2) is 36.1 Å². The Balaban J connectivity index is 2.01. The van der Waals surface area contributed by atoms with Gasteiger partial charge in [0, 0.05) is 16.0 Å². The maximum absolute atomic E-state index is 12.2. The Kier molecular flexibility index (Phi) is 7.26. The van der Waals surface area contributed by atoms with Gasteiger partial charge in [-0.05, 0) is 24.3 Å². The fraction of sp³-hybridized carbons (Fsp3) is 0.143. The number of carbonyl (C=O) groups is 2. The van der Waals surface area contributed by atoms with Gasteiger partial charge in [0.25, 0.3) is 0 Å². The highest BCUT2D eigenvalue weighted by Gasteiger charge is 2.25. The third-order valence-electron chi connectivity index (χ3n) is 3.77. The lowest BCUT2D eigenvalue weighted by molar-refractivity contribution is 0.0548. The van der Waals surface area contributed by atoms with Crippen molar-refractivity contribution in [3.05, 3.63) is 83.9 Å². The van der Waals surface area contributed by atoms with E-state index in [9.17, 15) is 9.59 Å². The van der Waals surface area contributed by atoms with E-state index in [2.05, 4.69) is 9.97 Å². The van der Waals surface area contributed by atoms with Gasteiger partial charge in [-0.1, -0.05) is 36.4 Å². The summed E-state index contributed by atoms with van der Waals surface area (Å²) < 4.78 is 9.26. The second kappa shape index (κ2) is 10.1. The van der Waals surface area contributed by atoms with Gasteiger partial charge in [-0.25, -0.2) is 19.6 Å². The highest BCUT2D eigenvalue weighted by atomic mass is 32.2. The van der Waals surface area contributed by atoms with Gasteiger partial charge >= 0.3 is 11.9 Å². The van der Waals surface area contributed by atoms with Crippen LogP contribution in [0.5, 0.6) is 0 Å². The van der Waals surface area contributed by atoms with E-state index >= 15 is 0 Å². The molecule has 0 radical (unpaired) electrons. The summed E-state index contributed by atoms with van der Waals surface area (Å²) in [5, 5.41) is 0. The first kappa shape index (κ1) is 20.9. The molecule has 0 saturated heterocycles. The number of hydrogen-bond donors (Lipinski definition) is 0. The normalized spacial score (nSPS) is 10.6. The van der Waals surface area contributed by atoms with Gasteiger partial charge < -0.3 is 9.47 Å². The third kappa shape index (κ3) is 5.36. The maximum Gasteiger partial charge on any atom is 0.357 e. The van der Waals surface area contributed by atoms with E-state index in [4.69, 9.17) is 9.47 Å². The smallest absolute Gasteiger partial charge is 0.357 e. The van der Waals surface area contributed by atoms with Crippen LogP contribution in [0.25, 0.3) is 0 Å². The van der Waals surface area contributed by atoms with Crippen LogP contribution in [0.1, 0.15) is 31.3 Å². The van der Waals surface area contributed by atoms with Crippen LogP contribution < -0.4 is 0 Å². The zero-order valence-electron chi connectivity index (χ0n) is 15.8. The largest absolute Gasteiger partial charge is 0.465 e. The first-order valence-corrected chi connectivity index (χ1v) is 10.3. The van der Waals surface area contributed by atoms with Crippen LogP contribution in [-0.2, 0) is 9.47 Å². The monoisotopic (exact) mass is 426 g/mol. The summed E-state index contributed by atoms with van der Waals surface area (Å²) >= 11 is 3.11. The molecule has 0 N–H and O–H groups in total. The summed E-state index contributed by atoms with van der Waals surface area (Å²) in [5.41, 5.74) is -0.145. The molecule has 148 valence electrons. The van der Waals surface area contributed by atoms with E-state index in [0.29, 0.717) is 5.82 Å². The van der Waals surface area contributed by atoms with Crippen LogP contribution in [0.2, 0.25) is 0 Å². The van der Waals surface area contributed by atoms with Crippen molar-refractivity contribution in [2.24, 2.45) is 0 Å². The summed E-state index contributed by atoms with van der Waals surface area (Å²) in [7, 11) is 2.47. The van der Waals surface area contributed by atoms with Crippen molar-refractivity contribution in [3.63, 3.8) is 0 Å². The minimum atomic E-state index is -0.720. The highest BCUT2D eigenvalue weighted by Crippen LogP contribution is 2.45. The first-order valence-electron chi connectivity index (χ1n) is 8.59. The molecule has 0 atom stereocenters. The molecule has 0 unspecified atom stereocenters. The molecule has 1 aromatic heterocycles. The van der Waals surface area contributed by atoms with E-state index in [1.54, 1.807) is 23.5 Å². The van der Waals surface area contributed by atoms with Crippen molar-refractivity contribution < 1.29 is 19.1 Å². The average molecular weight is 427 g/mol. The van der Waals surface area contributed by atoms with Gasteiger partial charge in [-0.2, -0.15) is 0 Å². The number of benzene rings is 2. The molecule has 0 aliphatic carbocycles. The van der Waals surface area contributed by atoms with Crippen molar-refractivity contribution in [1.82, 2.24) is 9.97 Å². The SMILES string of the molecule is COC(=O)c1cnc(C(Sc2ccccc2)Sc2ccccc2)nc1C(=O)OC. The van der Waals surface area contributed by atoms with Gasteiger partial charge in [0.1, 0.15) is 10.1 Å². The summed E-state index contributed by atoms with van der Waals surface area (Å²) in [6.45, 7) is 0. The van der Waals surface area contributed by atoms with Crippen molar-refractivity contribution in [3.8, 4) is 0 Å².